The summed E-state index contributed by atoms with van der Waals surface area (Å²) in [6.45, 7) is 0.837. The first-order valence-corrected chi connectivity index (χ1v) is 12.6. The third-order valence-corrected chi connectivity index (χ3v) is 7.46. The van der Waals surface area contributed by atoms with Crippen LogP contribution in [0.25, 0.3) is 0 Å². The Bertz CT molecular complexity index is 859. The Morgan fingerprint density at radius 1 is 1.03 bits per heavy atom. The fourth-order valence-electron chi connectivity index (χ4n) is 5.57. The van der Waals surface area contributed by atoms with Gasteiger partial charge in [-0.3, -0.25) is 14.4 Å². The van der Waals surface area contributed by atoms with E-state index in [1.807, 2.05) is 18.2 Å². The summed E-state index contributed by atoms with van der Waals surface area (Å²) < 4.78 is 5.27. The second-order valence-electron chi connectivity index (χ2n) is 9.84. The summed E-state index contributed by atoms with van der Waals surface area (Å²) in [5.41, 5.74) is 1.65. The van der Waals surface area contributed by atoms with E-state index in [9.17, 15) is 14.4 Å². The van der Waals surface area contributed by atoms with E-state index < -0.39 is 17.6 Å². The predicted octanol–water partition coefficient (Wildman–Crippen LogP) is 3.63. The van der Waals surface area contributed by atoms with E-state index in [2.05, 4.69) is 10.6 Å². The number of rotatable bonds is 8. The van der Waals surface area contributed by atoms with Gasteiger partial charge in [0.15, 0.2) is 0 Å². The highest BCUT2D eigenvalue weighted by atomic mass is 16.5. The summed E-state index contributed by atoms with van der Waals surface area (Å²) in [5.74, 6) is -0.583. The number of carbonyl (C=O) groups is 3. The number of benzene rings is 1. The number of nitrogens with one attached hydrogen (secondary N) is 2. The standard InChI is InChI=1S/C26H37N3O4/c1-33-20-12-13-21-22(15-27-23(21)14-20)25(31)26(32)29(16-18-8-4-2-5-9-18)17-24(30)28-19-10-6-3-7-11-19/h12-14,18-19,22,27H,2-11,15-17H2,1H3,(H,28,30). The maximum Gasteiger partial charge on any atom is 0.291 e. The molecule has 33 heavy (non-hydrogen) atoms. The number of ether oxygens (including phenoxy) is 1. The first-order chi connectivity index (χ1) is 16.0. The van der Waals surface area contributed by atoms with E-state index in [4.69, 9.17) is 4.74 Å². The van der Waals surface area contributed by atoms with E-state index in [0.29, 0.717) is 24.8 Å². The molecule has 1 atom stereocenters. The maximum absolute atomic E-state index is 13.4. The van der Waals surface area contributed by atoms with Crippen LogP contribution >= 0.6 is 0 Å². The molecule has 2 saturated carbocycles. The third kappa shape index (κ3) is 5.87. The summed E-state index contributed by atoms with van der Waals surface area (Å²) in [4.78, 5) is 41.1. The monoisotopic (exact) mass is 455 g/mol. The van der Waals surface area contributed by atoms with E-state index in [1.54, 1.807) is 7.11 Å². The molecule has 1 heterocycles. The van der Waals surface area contributed by atoms with Gasteiger partial charge in [-0.1, -0.05) is 44.6 Å². The molecule has 0 saturated heterocycles. The molecule has 2 fully saturated rings. The van der Waals surface area contributed by atoms with Gasteiger partial charge >= 0.3 is 0 Å². The summed E-state index contributed by atoms with van der Waals surface area (Å²) in [6.07, 6.45) is 11.1. The maximum atomic E-state index is 13.4. The molecule has 1 aromatic carbocycles. The molecule has 0 aromatic heterocycles. The highest BCUT2D eigenvalue weighted by Gasteiger charge is 2.36. The average molecular weight is 456 g/mol. The van der Waals surface area contributed by atoms with Crippen molar-refractivity contribution in [3.8, 4) is 5.75 Å². The lowest BCUT2D eigenvalue weighted by Crippen LogP contribution is -2.49. The van der Waals surface area contributed by atoms with Crippen molar-refractivity contribution < 1.29 is 19.1 Å². The van der Waals surface area contributed by atoms with Gasteiger partial charge < -0.3 is 20.3 Å². The van der Waals surface area contributed by atoms with Crippen LogP contribution in [-0.4, -0.2) is 55.3 Å². The minimum Gasteiger partial charge on any atom is -0.497 e. The molecule has 0 radical (unpaired) electrons. The van der Waals surface area contributed by atoms with E-state index in [-0.39, 0.29) is 18.5 Å². The Labute approximate surface area is 196 Å². The number of amides is 2. The second-order valence-corrected chi connectivity index (χ2v) is 9.84. The molecule has 7 heteroatoms. The quantitative estimate of drug-likeness (QED) is 0.585. The molecular weight excluding hydrogens is 418 g/mol. The molecule has 7 nitrogen and oxygen atoms in total. The normalized spacial score (nSPS) is 21.1. The van der Waals surface area contributed by atoms with Gasteiger partial charge in [-0.05, 0) is 43.2 Å². The van der Waals surface area contributed by atoms with Gasteiger partial charge in [-0.25, -0.2) is 0 Å². The van der Waals surface area contributed by atoms with Gasteiger partial charge in [0.25, 0.3) is 5.91 Å². The largest absolute Gasteiger partial charge is 0.497 e. The summed E-state index contributed by atoms with van der Waals surface area (Å²) in [7, 11) is 1.60. The van der Waals surface area contributed by atoms with E-state index in [1.165, 1.54) is 17.7 Å². The average Bonchev–Trinajstić information content (AvgIpc) is 3.27. The molecular formula is C26H37N3O4. The summed E-state index contributed by atoms with van der Waals surface area (Å²) in [6, 6.07) is 5.71. The highest BCUT2D eigenvalue weighted by Crippen LogP contribution is 2.35. The van der Waals surface area contributed by atoms with Crippen LogP contribution < -0.4 is 15.4 Å². The SMILES string of the molecule is COc1ccc2c(c1)NCC2C(=O)C(=O)N(CC(=O)NC1CCCCC1)CC1CCCCC1. The van der Waals surface area contributed by atoms with Crippen LogP contribution in [0.1, 0.15) is 75.7 Å². The van der Waals surface area contributed by atoms with Crippen molar-refractivity contribution in [3.05, 3.63) is 23.8 Å². The second kappa shape index (κ2) is 11.0. The fraction of sp³-hybridized carbons (Fsp3) is 0.654. The van der Waals surface area contributed by atoms with Crippen LogP contribution in [0.15, 0.2) is 18.2 Å². The molecule has 2 N–H and O–H groups in total. The highest BCUT2D eigenvalue weighted by molar-refractivity contribution is 6.38. The molecule has 1 aliphatic heterocycles. The lowest BCUT2D eigenvalue weighted by molar-refractivity contribution is -0.147. The molecule has 2 amide bonds. The Morgan fingerprint density at radius 2 is 1.73 bits per heavy atom. The van der Waals surface area contributed by atoms with Gasteiger partial charge in [0.2, 0.25) is 11.7 Å². The van der Waals surface area contributed by atoms with Gasteiger partial charge in [-0.2, -0.15) is 0 Å². The van der Waals surface area contributed by atoms with Crippen molar-refractivity contribution in [1.82, 2.24) is 10.2 Å². The molecule has 180 valence electrons. The Hall–Kier alpha value is -2.57. The lowest BCUT2D eigenvalue weighted by atomic mass is 9.88. The molecule has 0 bridgehead atoms. The number of hydrogen-bond donors (Lipinski definition) is 2. The topological polar surface area (TPSA) is 87.7 Å². The minimum absolute atomic E-state index is 0.0345. The number of fused-ring (bicyclic) bond motifs is 1. The zero-order chi connectivity index (χ0) is 23.2. The van der Waals surface area contributed by atoms with Crippen LogP contribution in [0.3, 0.4) is 0 Å². The van der Waals surface area contributed by atoms with Gasteiger partial charge in [-0.15, -0.1) is 0 Å². The van der Waals surface area contributed by atoms with Gasteiger partial charge in [0.05, 0.1) is 19.6 Å². The van der Waals surface area contributed by atoms with Crippen molar-refractivity contribution in [2.24, 2.45) is 5.92 Å². The molecule has 4 rings (SSSR count). The van der Waals surface area contributed by atoms with E-state index >= 15 is 0 Å². The van der Waals surface area contributed by atoms with Crippen molar-refractivity contribution in [1.29, 1.82) is 0 Å². The first kappa shape index (κ1) is 23.6. The third-order valence-electron chi connectivity index (χ3n) is 7.46. The van der Waals surface area contributed by atoms with Gasteiger partial charge in [0.1, 0.15) is 5.75 Å². The molecule has 1 aromatic rings. The predicted molar refractivity (Wildman–Crippen MR) is 127 cm³/mol. The van der Waals surface area contributed by atoms with Crippen molar-refractivity contribution in [2.45, 2.75) is 76.2 Å². The van der Waals surface area contributed by atoms with Crippen molar-refractivity contribution >= 4 is 23.3 Å². The number of methoxy groups -OCH3 is 1. The number of nitrogens with zero attached hydrogens (tertiary/aromatic N) is 1. The van der Waals surface area contributed by atoms with E-state index in [0.717, 1.165) is 62.6 Å². The number of Topliss-reactive ketones (excluding diaryl/α,β-unsaturated/α-hetero) is 1. The lowest BCUT2D eigenvalue weighted by Gasteiger charge is -2.30. The number of carbonyl (C=O) groups excluding carboxylic acids is 3. The van der Waals surface area contributed by atoms with Crippen LogP contribution in [0.2, 0.25) is 0 Å². The zero-order valence-electron chi connectivity index (χ0n) is 19.7. The first-order valence-electron chi connectivity index (χ1n) is 12.6. The van der Waals surface area contributed by atoms with Crippen LogP contribution in [-0.2, 0) is 14.4 Å². The van der Waals surface area contributed by atoms with Gasteiger partial charge in [0, 0.05) is 30.9 Å². The molecule has 0 spiro atoms. The molecule has 1 unspecified atom stereocenters. The zero-order valence-corrected chi connectivity index (χ0v) is 19.7. The van der Waals surface area contributed by atoms with Crippen molar-refractivity contribution in [2.75, 3.05) is 32.1 Å². The number of hydrogen-bond acceptors (Lipinski definition) is 5. The van der Waals surface area contributed by atoms with Crippen LogP contribution in [0.5, 0.6) is 5.75 Å². The van der Waals surface area contributed by atoms with Crippen molar-refractivity contribution in [3.63, 3.8) is 0 Å². The number of ketones is 1. The minimum atomic E-state index is -0.534. The Kier molecular flexibility index (Phi) is 7.89. The Balaban J connectivity index is 1.45. The number of anilines is 1. The smallest absolute Gasteiger partial charge is 0.291 e. The Morgan fingerprint density at radius 3 is 2.42 bits per heavy atom. The fourth-order valence-corrected chi connectivity index (χ4v) is 5.57. The molecule has 3 aliphatic rings. The summed E-state index contributed by atoms with van der Waals surface area (Å²) >= 11 is 0. The van der Waals surface area contributed by atoms with Crippen LogP contribution in [0.4, 0.5) is 5.69 Å². The molecule has 2 aliphatic carbocycles. The van der Waals surface area contributed by atoms with Crippen LogP contribution in [0, 0.1) is 5.92 Å². The summed E-state index contributed by atoms with van der Waals surface area (Å²) in [5, 5.41) is 6.33.